The molecule has 0 aromatic rings. The van der Waals surface area contributed by atoms with Crippen LogP contribution in [0.1, 0.15) is 65.7 Å². The first-order chi connectivity index (χ1) is 8.19. The molecule has 1 atom stereocenters. The van der Waals surface area contributed by atoms with Gasteiger partial charge in [0.25, 0.3) is 0 Å². The number of nitrogens with two attached hydrogens (primary N) is 1. The highest BCUT2D eigenvalue weighted by atomic mass is 15.2. The third-order valence-corrected chi connectivity index (χ3v) is 3.96. The highest BCUT2D eigenvalue weighted by molar-refractivity contribution is 4.83. The molecule has 0 saturated heterocycles. The van der Waals surface area contributed by atoms with Gasteiger partial charge >= 0.3 is 0 Å². The summed E-state index contributed by atoms with van der Waals surface area (Å²) in [5, 5.41) is 0. The fourth-order valence-corrected chi connectivity index (χ4v) is 2.61. The maximum atomic E-state index is 5.98. The van der Waals surface area contributed by atoms with Crippen LogP contribution in [0.3, 0.4) is 0 Å². The number of hydrogen-bond acceptors (Lipinski definition) is 2. The van der Waals surface area contributed by atoms with Gasteiger partial charge in [-0.3, -0.25) is 4.90 Å². The molecule has 0 spiro atoms. The van der Waals surface area contributed by atoms with E-state index in [2.05, 4.69) is 25.7 Å². The second-order valence-electron chi connectivity index (χ2n) is 5.97. The van der Waals surface area contributed by atoms with Crippen molar-refractivity contribution in [2.45, 2.75) is 77.8 Å². The van der Waals surface area contributed by atoms with Crippen LogP contribution in [0, 0.1) is 5.92 Å². The zero-order valence-corrected chi connectivity index (χ0v) is 12.1. The van der Waals surface area contributed by atoms with Gasteiger partial charge in [-0.1, -0.05) is 32.6 Å². The van der Waals surface area contributed by atoms with E-state index in [1.807, 2.05) is 0 Å². The number of nitrogens with zero attached hydrogens (tertiary/aromatic N) is 1. The average molecular weight is 240 g/mol. The van der Waals surface area contributed by atoms with Gasteiger partial charge in [-0.2, -0.15) is 0 Å². The smallest absolute Gasteiger partial charge is 0.0221 e. The van der Waals surface area contributed by atoms with E-state index < -0.39 is 0 Å². The highest BCUT2D eigenvalue weighted by Gasteiger charge is 2.28. The second-order valence-corrected chi connectivity index (χ2v) is 5.97. The lowest BCUT2D eigenvalue weighted by molar-refractivity contribution is 0.139. The molecule has 1 unspecified atom stereocenters. The number of hydrogen-bond donors (Lipinski definition) is 1. The van der Waals surface area contributed by atoms with E-state index in [0.29, 0.717) is 12.1 Å². The predicted octanol–water partition coefficient (Wildman–Crippen LogP) is 3.40. The normalized spacial score (nSPS) is 18.0. The van der Waals surface area contributed by atoms with Crippen LogP contribution in [-0.4, -0.2) is 30.1 Å². The lowest BCUT2D eigenvalue weighted by Crippen LogP contribution is -2.45. The van der Waals surface area contributed by atoms with E-state index in [4.69, 9.17) is 5.73 Å². The molecular formula is C15H32N2. The lowest BCUT2D eigenvalue weighted by atomic mass is 10.0. The molecule has 17 heavy (non-hydrogen) atoms. The van der Waals surface area contributed by atoms with E-state index in [9.17, 15) is 0 Å². The third-order valence-electron chi connectivity index (χ3n) is 3.96. The fourth-order valence-electron chi connectivity index (χ4n) is 2.61. The molecular weight excluding hydrogens is 208 g/mol. The molecule has 1 rings (SSSR count). The first-order valence-electron chi connectivity index (χ1n) is 7.64. The van der Waals surface area contributed by atoms with Crippen molar-refractivity contribution in [2.75, 3.05) is 13.1 Å². The molecule has 0 aliphatic heterocycles. The topological polar surface area (TPSA) is 29.3 Å². The predicted molar refractivity (Wildman–Crippen MR) is 76.2 cm³/mol. The fraction of sp³-hybridized carbons (Fsp3) is 1.00. The average Bonchev–Trinajstić information content (AvgIpc) is 3.11. The van der Waals surface area contributed by atoms with Crippen molar-refractivity contribution >= 4 is 0 Å². The standard InChI is InChI=1S/C15H32N2/c1-4-5-6-7-8-15(11-16)17(13(2)3)12-14-9-10-14/h13-15H,4-12,16H2,1-3H3. The Bertz CT molecular complexity index is 187. The first kappa shape index (κ1) is 15.0. The first-order valence-corrected chi connectivity index (χ1v) is 7.64. The molecule has 0 radical (unpaired) electrons. The van der Waals surface area contributed by atoms with Crippen molar-refractivity contribution in [1.29, 1.82) is 0 Å². The maximum absolute atomic E-state index is 5.98. The minimum absolute atomic E-state index is 0.618. The summed E-state index contributed by atoms with van der Waals surface area (Å²) in [6.45, 7) is 9.02. The summed E-state index contributed by atoms with van der Waals surface area (Å²) in [6.07, 6.45) is 9.60. The van der Waals surface area contributed by atoms with Gasteiger partial charge in [-0.05, 0) is 39.0 Å². The van der Waals surface area contributed by atoms with Gasteiger partial charge in [-0.25, -0.2) is 0 Å². The Morgan fingerprint density at radius 2 is 1.88 bits per heavy atom. The van der Waals surface area contributed by atoms with Crippen LogP contribution in [0.5, 0.6) is 0 Å². The molecule has 2 N–H and O–H groups in total. The van der Waals surface area contributed by atoms with Crippen LogP contribution in [0.2, 0.25) is 0 Å². The minimum atomic E-state index is 0.618. The number of rotatable bonds is 10. The monoisotopic (exact) mass is 240 g/mol. The molecule has 0 bridgehead atoms. The van der Waals surface area contributed by atoms with Gasteiger partial charge in [0.1, 0.15) is 0 Å². The quantitative estimate of drug-likeness (QED) is 0.593. The van der Waals surface area contributed by atoms with Gasteiger partial charge in [0.05, 0.1) is 0 Å². The van der Waals surface area contributed by atoms with Crippen LogP contribution in [0.4, 0.5) is 0 Å². The van der Waals surface area contributed by atoms with Crippen LogP contribution in [0.15, 0.2) is 0 Å². The molecule has 2 nitrogen and oxygen atoms in total. The Labute approximate surface area is 108 Å². The van der Waals surface area contributed by atoms with Gasteiger partial charge in [0.15, 0.2) is 0 Å². The molecule has 1 aliphatic rings. The van der Waals surface area contributed by atoms with E-state index >= 15 is 0 Å². The van der Waals surface area contributed by atoms with E-state index in [-0.39, 0.29) is 0 Å². The summed E-state index contributed by atoms with van der Waals surface area (Å²) < 4.78 is 0. The summed E-state index contributed by atoms with van der Waals surface area (Å²) in [5.41, 5.74) is 5.98. The van der Waals surface area contributed by atoms with Gasteiger partial charge in [0.2, 0.25) is 0 Å². The Morgan fingerprint density at radius 3 is 2.35 bits per heavy atom. The van der Waals surface area contributed by atoms with Crippen molar-refractivity contribution < 1.29 is 0 Å². The molecule has 102 valence electrons. The van der Waals surface area contributed by atoms with Crippen molar-refractivity contribution in [3.63, 3.8) is 0 Å². The second kappa shape index (κ2) is 8.10. The summed E-state index contributed by atoms with van der Waals surface area (Å²) in [6, 6.07) is 1.27. The Morgan fingerprint density at radius 1 is 1.18 bits per heavy atom. The molecule has 0 heterocycles. The summed E-state index contributed by atoms with van der Waals surface area (Å²) in [5.74, 6) is 0.974. The van der Waals surface area contributed by atoms with Crippen molar-refractivity contribution in [2.24, 2.45) is 11.7 Å². The van der Waals surface area contributed by atoms with Crippen LogP contribution in [0.25, 0.3) is 0 Å². The Hall–Kier alpha value is -0.0800. The highest BCUT2D eigenvalue weighted by Crippen LogP contribution is 2.31. The van der Waals surface area contributed by atoms with Crippen molar-refractivity contribution in [3.8, 4) is 0 Å². The van der Waals surface area contributed by atoms with Gasteiger partial charge in [0, 0.05) is 25.2 Å². The van der Waals surface area contributed by atoms with Crippen LogP contribution >= 0.6 is 0 Å². The molecule has 1 saturated carbocycles. The SMILES string of the molecule is CCCCCCC(CN)N(CC1CC1)C(C)C. The van der Waals surface area contributed by atoms with E-state index in [0.717, 1.165) is 12.5 Å². The summed E-state index contributed by atoms with van der Waals surface area (Å²) in [4.78, 5) is 2.66. The summed E-state index contributed by atoms with van der Waals surface area (Å²) in [7, 11) is 0. The molecule has 0 amide bonds. The summed E-state index contributed by atoms with van der Waals surface area (Å²) >= 11 is 0. The molecule has 0 aromatic heterocycles. The third kappa shape index (κ3) is 5.87. The maximum Gasteiger partial charge on any atom is 0.0221 e. The zero-order chi connectivity index (χ0) is 12.7. The van der Waals surface area contributed by atoms with Crippen LogP contribution in [-0.2, 0) is 0 Å². The minimum Gasteiger partial charge on any atom is -0.329 e. The lowest BCUT2D eigenvalue weighted by Gasteiger charge is -2.34. The van der Waals surface area contributed by atoms with Crippen molar-refractivity contribution in [3.05, 3.63) is 0 Å². The molecule has 1 aliphatic carbocycles. The molecule has 0 aromatic carbocycles. The van der Waals surface area contributed by atoms with Gasteiger partial charge in [-0.15, -0.1) is 0 Å². The van der Waals surface area contributed by atoms with Gasteiger partial charge < -0.3 is 5.73 Å². The Balaban J connectivity index is 2.31. The van der Waals surface area contributed by atoms with E-state index in [1.54, 1.807) is 0 Å². The Kier molecular flexibility index (Phi) is 7.14. The largest absolute Gasteiger partial charge is 0.329 e. The van der Waals surface area contributed by atoms with Crippen LogP contribution < -0.4 is 5.73 Å². The van der Waals surface area contributed by atoms with Crippen molar-refractivity contribution in [1.82, 2.24) is 4.90 Å². The molecule has 1 fully saturated rings. The zero-order valence-electron chi connectivity index (χ0n) is 12.1. The van der Waals surface area contributed by atoms with E-state index in [1.165, 1.54) is 51.5 Å². The number of unbranched alkanes of at least 4 members (excludes halogenated alkanes) is 3. The molecule has 2 heteroatoms.